The van der Waals surface area contributed by atoms with Crippen LogP contribution in [0.15, 0.2) is 0 Å². The van der Waals surface area contributed by atoms with E-state index in [1.165, 1.54) is 0 Å². The number of Topliss-reactive ketones (excluding diaryl/α,β-unsaturated/α-hetero) is 1. The molecule has 0 aromatic rings. The molecular weight excluding hydrogens is 178 g/mol. The molecule has 0 spiro atoms. The van der Waals surface area contributed by atoms with Gasteiger partial charge < -0.3 is 4.74 Å². The molecule has 0 aliphatic carbocycles. The second-order valence-corrected chi connectivity index (χ2v) is 4.00. The Balaban J connectivity index is 2.45. The van der Waals surface area contributed by atoms with Crippen molar-refractivity contribution in [3.05, 3.63) is 0 Å². The number of ether oxygens (including phenoxy) is 1. The number of hydrogen-bond acceptors (Lipinski definition) is 3. The van der Waals surface area contributed by atoms with Crippen molar-refractivity contribution in [2.45, 2.75) is 45.2 Å². The number of ketones is 1. The lowest BCUT2D eigenvalue weighted by Gasteiger charge is -2.34. The quantitative estimate of drug-likeness (QED) is 0.686. The zero-order valence-corrected chi connectivity index (χ0v) is 9.45. The van der Waals surface area contributed by atoms with Gasteiger partial charge in [0.2, 0.25) is 0 Å². The molecule has 14 heavy (non-hydrogen) atoms. The highest BCUT2D eigenvalue weighted by Crippen LogP contribution is 2.15. The molecule has 0 aromatic carbocycles. The Hall–Kier alpha value is -0.410. The molecule has 0 radical (unpaired) electrons. The minimum atomic E-state index is 0.0584. The van der Waals surface area contributed by atoms with Gasteiger partial charge in [-0.1, -0.05) is 6.92 Å². The molecule has 1 aliphatic heterocycles. The first-order valence-electron chi connectivity index (χ1n) is 5.49. The lowest BCUT2D eigenvalue weighted by molar-refractivity contribution is -0.124. The zero-order valence-electron chi connectivity index (χ0n) is 9.45. The summed E-state index contributed by atoms with van der Waals surface area (Å²) in [6.45, 7) is 5.60. The Morgan fingerprint density at radius 1 is 1.50 bits per heavy atom. The first-order valence-corrected chi connectivity index (χ1v) is 5.49. The second kappa shape index (κ2) is 5.47. The first-order chi connectivity index (χ1) is 6.66. The molecule has 0 N–H and O–H groups in total. The molecule has 1 heterocycles. The van der Waals surface area contributed by atoms with Crippen LogP contribution in [0.2, 0.25) is 0 Å². The van der Waals surface area contributed by atoms with Crippen LogP contribution in [0.5, 0.6) is 0 Å². The molecule has 0 amide bonds. The van der Waals surface area contributed by atoms with E-state index < -0.39 is 0 Å². The topological polar surface area (TPSA) is 29.5 Å². The van der Waals surface area contributed by atoms with Crippen LogP contribution in [0.25, 0.3) is 0 Å². The highest BCUT2D eigenvalue weighted by molar-refractivity contribution is 5.83. The highest BCUT2D eigenvalue weighted by atomic mass is 16.5. The predicted octanol–water partition coefficient (Wildman–Crippen LogP) is 1.46. The summed E-state index contributed by atoms with van der Waals surface area (Å²) in [6.07, 6.45) is 2.74. The largest absolute Gasteiger partial charge is 0.381 e. The summed E-state index contributed by atoms with van der Waals surface area (Å²) >= 11 is 0. The minimum Gasteiger partial charge on any atom is -0.381 e. The molecule has 3 nitrogen and oxygen atoms in total. The van der Waals surface area contributed by atoms with Crippen LogP contribution >= 0.6 is 0 Å². The van der Waals surface area contributed by atoms with Crippen LogP contribution in [-0.4, -0.2) is 43.0 Å². The molecule has 1 saturated heterocycles. The van der Waals surface area contributed by atoms with Crippen molar-refractivity contribution in [3.63, 3.8) is 0 Å². The molecule has 1 rings (SSSR count). The lowest BCUT2D eigenvalue weighted by atomic mass is 10.0. The third-order valence-electron chi connectivity index (χ3n) is 3.19. The van der Waals surface area contributed by atoms with E-state index in [2.05, 4.69) is 4.90 Å². The molecule has 1 atom stereocenters. The maximum absolute atomic E-state index is 11.5. The van der Waals surface area contributed by atoms with E-state index >= 15 is 0 Å². The molecule has 1 unspecified atom stereocenters. The second-order valence-electron chi connectivity index (χ2n) is 4.00. The van der Waals surface area contributed by atoms with Crippen molar-refractivity contribution in [1.82, 2.24) is 4.90 Å². The fourth-order valence-corrected chi connectivity index (χ4v) is 1.93. The van der Waals surface area contributed by atoms with E-state index in [4.69, 9.17) is 4.74 Å². The van der Waals surface area contributed by atoms with E-state index in [0.717, 1.165) is 26.1 Å². The summed E-state index contributed by atoms with van der Waals surface area (Å²) in [4.78, 5) is 13.7. The first kappa shape index (κ1) is 11.7. The zero-order chi connectivity index (χ0) is 10.6. The van der Waals surface area contributed by atoms with Crippen LogP contribution in [-0.2, 0) is 9.53 Å². The minimum absolute atomic E-state index is 0.0584. The number of rotatable bonds is 4. The van der Waals surface area contributed by atoms with E-state index in [0.29, 0.717) is 18.2 Å². The molecule has 0 aromatic heterocycles. The number of nitrogens with zero attached hydrogens (tertiary/aromatic N) is 1. The van der Waals surface area contributed by atoms with Crippen LogP contribution < -0.4 is 0 Å². The summed E-state index contributed by atoms with van der Waals surface area (Å²) in [5, 5.41) is 0. The molecule has 3 heteroatoms. The van der Waals surface area contributed by atoms with Crippen molar-refractivity contribution in [3.8, 4) is 0 Å². The highest BCUT2D eigenvalue weighted by Gasteiger charge is 2.25. The van der Waals surface area contributed by atoms with Gasteiger partial charge in [0.05, 0.1) is 6.04 Å². The summed E-state index contributed by atoms with van der Waals surface area (Å²) in [5.74, 6) is 0.332. The summed E-state index contributed by atoms with van der Waals surface area (Å²) in [7, 11) is 2.05. The van der Waals surface area contributed by atoms with Gasteiger partial charge in [0.25, 0.3) is 0 Å². The fourth-order valence-electron chi connectivity index (χ4n) is 1.93. The van der Waals surface area contributed by atoms with Crippen molar-refractivity contribution < 1.29 is 9.53 Å². The van der Waals surface area contributed by atoms with Crippen LogP contribution in [0.1, 0.15) is 33.1 Å². The van der Waals surface area contributed by atoms with Gasteiger partial charge in [-0.3, -0.25) is 9.69 Å². The van der Waals surface area contributed by atoms with E-state index in [9.17, 15) is 4.79 Å². The van der Waals surface area contributed by atoms with Gasteiger partial charge >= 0.3 is 0 Å². The van der Waals surface area contributed by atoms with Gasteiger partial charge in [0, 0.05) is 25.7 Å². The molecule has 1 aliphatic rings. The molecule has 82 valence electrons. The van der Waals surface area contributed by atoms with Crippen LogP contribution in [0.4, 0.5) is 0 Å². The van der Waals surface area contributed by atoms with Gasteiger partial charge in [0.15, 0.2) is 0 Å². The summed E-state index contributed by atoms with van der Waals surface area (Å²) in [5.41, 5.74) is 0. The molecule has 0 bridgehead atoms. The number of hydrogen-bond donors (Lipinski definition) is 0. The van der Waals surface area contributed by atoms with Gasteiger partial charge in [-0.15, -0.1) is 0 Å². The third-order valence-corrected chi connectivity index (χ3v) is 3.19. The fraction of sp³-hybridized carbons (Fsp3) is 0.909. The standard InChI is InChI=1S/C11H21NO2/c1-4-11(13)9(2)12(3)10-5-7-14-8-6-10/h9-10H,4-8H2,1-3H3. The Kier molecular flexibility index (Phi) is 4.55. The molecule has 1 fully saturated rings. The average Bonchev–Trinajstić information content (AvgIpc) is 2.27. The number of carbonyl (C=O) groups excluding carboxylic acids is 1. The van der Waals surface area contributed by atoms with Crippen molar-refractivity contribution in [1.29, 1.82) is 0 Å². The Morgan fingerprint density at radius 3 is 2.57 bits per heavy atom. The van der Waals surface area contributed by atoms with E-state index in [1.54, 1.807) is 0 Å². The Bertz CT molecular complexity index is 188. The smallest absolute Gasteiger partial charge is 0.149 e. The maximum Gasteiger partial charge on any atom is 0.149 e. The van der Waals surface area contributed by atoms with E-state index in [-0.39, 0.29) is 6.04 Å². The Morgan fingerprint density at radius 2 is 2.07 bits per heavy atom. The van der Waals surface area contributed by atoms with Gasteiger partial charge in [0.1, 0.15) is 5.78 Å². The van der Waals surface area contributed by atoms with Crippen molar-refractivity contribution >= 4 is 5.78 Å². The number of carbonyl (C=O) groups is 1. The average molecular weight is 199 g/mol. The predicted molar refractivity (Wildman–Crippen MR) is 56.4 cm³/mol. The Labute approximate surface area is 86.4 Å². The monoisotopic (exact) mass is 199 g/mol. The van der Waals surface area contributed by atoms with E-state index in [1.807, 2.05) is 20.9 Å². The van der Waals surface area contributed by atoms with Crippen molar-refractivity contribution in [2.75, 3.05) is 20.3 Å². The van der Waals surface area contributed by atoms with Gasteiger partial charge in [-0.05, 0) is 26.8 Å². The van der Waals surface area contributed by atoms with Gasteiger partial charge in [-0.2, -0.15) is 0 Å². The number of likely N-dealkylation sites (N-methyl/N-ethyl adjacent to an activating group) is 1. The van der Waals surface area contributed by atoms with Crippen molar-refractivity contribution in [2.24, 2.45) is 0 Å². The van der Waals surface area contributed by atoms with Crippen LogP contribution in [0, 0.1) is 0 Å². The normalized spacial score (nSPS) is 21.1. The third kappa shape index (κ3) is 2.79. The molecular formula is C11H21NO2. The van der Waals surface area contributed by atoms with Gasteiger partial charge in [-0.25, -0.2) is 0 Å². The summed E-state index contributed by atoms with van der Waals surface area (Å²) < 4.78 is 5.30. The maximum atomic E-state index is 11.5. The summed E-state index contributed by atoms with van der Waals surface area (Å²) in [6, 6.07) is 0.581. The SMILES string of the molecule is CCC(=O)C(C)N(C)C1CCOCC1. The molecule has 0 saturated carbocycles. The van der Waals surface area contributed by atoms with Crippen LogP contribution in [0.3, 0.4) is 0 Å². The lowest BCUT2D eigenvalue weighted by Crippen LogP contribution is -2.45.